The van der Waals surface area contributed by atoms with E-state index in [0.717, 1.165) is 99.4 Å². The van der Waals surface area contributed by atoms with Crippen molar-refractivity contribution >= 4 is 53.4 Å². The van der Waals surface area contributed by atoms with Crippen LogP contribution >= 0.6 is 23.1 Å². The maximum atomic E-state index is 12.8. The number of hydrogen-bond donors (Lipinski definition) is 2. The van der Waals surface area contributed by atoms with Gasteiger partial charge in [0, 0.05) is 123 Å². The Hall–Kier alpha value is -5.06. The van der Waals surface area contributed by atoms with E-state index in [1.54, 1.807) is 24.3 Å². The van der Waals surface area contributed by atoms with Crippen LogP contribution in [0.5, 0.6) is 11.5 Å². The Labute approximate surface area is 395 Å². The van der Waals surface area contributed by atoms with Gasteiger partial charge in [0.25, 0.3) is 20.0 Å². The van der Waals surface area contributed by atoms with Crippen molar-refractivity contribution in [3.8, 4) is 11.5 Å². The molecular formula is C46H54N10O6S4. The van der Waals surface area contributed by atoms with Gasteiger partial charge >= 0.3 is 0 Å². The first-order chi connectivity index (χ1) is 32.1. The van der Waals surface area contributed by atoms with Crippen LogP contribution in [-0.4, -0.2) is 121 Å². The van der Waals surface area contributed by atoms with Crippen LogP contribution in [0.4, 0.5) is 10.3 Å². The van der Waals surface area contributed by atoms with Crippen molar-refractivity contribution < 1.29 is 26.3 Å². The highest BCUT2D eigenvalue weighted by atomic mass is 32.2. The molecule has 348 valence electrons. The van der Waals surface area contributed by atoms with Crippen molar-refractivity contribution in [2.45, 2.75) is 60.6 Å². The smallest absolute Gasteiger partial charge is 0.263 e. The number of fused-ring (bicyclic) bond motifs is 2. The minimum atomic E-state index is -3.77. The zero-order valence-corrected chi connectivity index (χ0v) is 40.1. The molecule has 0 bridgehead atoms. The SMILES string of the molecule is CCN1CCN([C@@H]2CCOc3cc(S(=O)(=O)Nc4ncns4)ccc32)[C@H](c2ccccc2)C1.CCN1CCN([C@H]2CCOc3cc(S(=O)(=O)Nc4ncns4)ccc32)[C@H](c2ccccc2)C1. The van der Waals surface area contributed by atoms with Gasteiger partial charge in [0.1, 0.15) is 24.2 Å². The summed E-state index contributed by atoms with van der Waals surface area (Å²) in [7, 11) is -7.53. The van der Waals surface area contributed by atoms with Crippen molar-refractivity contribution in [1.29, 1.82) is 0 Å². The lowest BCUT2D eigenvalue weighted by Crippen LogP contribution is -2.50. The molecule has 6 heterocycles. The lowest BCUT2D eigenvalue weighted by molar-refractivity contribution is 0.0257. The van der Waals surface area contributed by atoms with Crippen LogP contribution in [0.2, 0.25) is 0 Å². The van der Waals surface area contributed by atoms with E-state index in [-0.39, 0.29) is 44.2 Å². The highest BCUT2D eigenvalue weighted by Gasteiger charge is 2.38. The predicted octanol–water partition coefficient (Wildman–Crippen LogP) is 7.08. The van der Waals surface area contributed by atoms with E-state index in [9.17, 15) is 16.8 Å². The second-order valence-corrected chi connectivity index (χ2v) is 21.4. The zero-order valence-electron chi connectivity index (χ0n) is 36.8. The monoisotopic (exact) mass is 970 g/mol. The summed E-state index contributed by atoms with van der Waals surface area (Å²) in [4.78, 5) is 18.3. The van der Waals surface area contributed by atoms with E-state index < -0.39 is 20.0 Å². The summed E-state index contributed by atoms with van der Waals surface area (Å²) < 4.78 is 75.9. The van der Waals surface area contributed by atoms with Crippen LogP contribution in [-0.2, 0) is 20.0 Å². The lowest BCUT2D eigenvalue weighted by Gasteiger charge is -2.46. The van der Waals surface area contributed by atoms with Crippen LogP contribution in [0.25, 0.3) is 0 Å². The number of nitrogens with zero attached hydrogens (tertiary/aromatic N) is 8. The van der Waals surface area contributed by atoms with Gasteiger partial charge in [-0.2, -0.15) is 8.75 Å². The van der Waals surface area contributed by atoms with Gasteiger partial charge in [-0.1, -0.05) is 86.6 Å². The van der Waals surface area contributed by atoms with E-state index in [2.05, 4.69) is 122 Å². The molecule has 2 fully saturated rings. The zero-order chi connectivity index (χ0) is 45.7. The topological polar surface area (TPSA) is 175 Å². The van der Waals surface area contributed by atoms with Crippen molar-refractivity contribution in [3.63, 3.8) is 0 Å². The fraction of sp³-hybridized carbons (Fsp3) is 0.391. The molecule has 0 saturated carbocycles. The second-order valence-electron chi connectivity index (χ2n) is 16.5. The van der Waals surface area contributed by atoms with Crippen LogP contribution in [0.3, 0.4) is 0 Å². The maximum Gasteiger partial charge on any atom is 0.263 e. The number of likely N-dealkylation sites (N-methyl/N-ethyl adjacent to an activating group) is 2. The van der Waals surface area contributed by atoms with Gasteiger partial charge in [-0.3, -0.25) is 19.2 Å². The van der Waals surface area contributed by atoms with E-state index >= 15 is 0 Å². The molecule has 0 spiro atoms. The number of ether oxygens (including phenoxy) is 2. The Morgan fingerprint density at radius 3 is 1.38 bits per heavy atom. The maximum absolute atomic E-state index is 12.8. The molecule has 4 aliphatic heterocycles. The molecule has 20 heteroatoms. The van der Waals surface area contributed by atoms with E-state index in [1.165, 1.54) is 23.8 Å². The number of piperazine rings is 2. The molecule has 2 saturated heterocycles. The molecule has 6 aromatic rings. The Bertz CT molecular complexity index is 2570. The minimum absolute atomic E-state index is 0.160. The van der Waals surface area contributed by atoms with Gasteiger partial charge in [-0.05, 0) is 36.3 Å². The molecule has 0 radical (unpaired) electrons. The first-order valence-electron chi connectivity index (χ1n) is 22.3. The first kappa shape index (κ1) is 46.1. The van der Waals surface area contributed by atoms with Crippen molar-refractivity contribution in [3.05, 3.63) is 132 Å². The van der Waals surface area contributed by atoms with Crippen LogP contribution in [0, 0.1) is 0 Å². The lowest BCUT2D eigenvalue weighted by atomic mass is 9.93. The minimum Gasteiger partial charge on any atom is -0.493 e. The summed E-state index contributed by atoms with van der Waals surface area (Å²) in [5, 5.41) is 0.483. The Morgan fingerprint density at radius 1 is 0.576 bits per heavy atom. The number of sulfonamides is 2. The molecule has 10 rings (SSSR count). The molecule has 4 atom stereocenters. The largest absolute Gasteiger partial charge is 0.493 e. The third-order valence-electron chi connectivity index (χ3n) is 12.8. The number of rotatable bonds is 12. The van der Waals surface area contributed by atoms with E-state index in [1.807, 2.05) is 12.1 Å². The van der Waals surface area contributed by atoms with E-state index in [0.29, 0.717) is 24.7 Å². The van der Waals surface area contributed by atoms with Crippen LogP contribution < -0.4 is 18.9 Å². The van der Waals surface area contributed by atoms with Gasteiger partial charge in [0.05, 0.1) is 23.0 Å². The second kappa shape index (κ2) is 20.4. The molecule has 16 nitrogen and oxygen atoms in total. The summed E-state index contributed by atoms with van der Waals surface area (Å²) in [6, 6.07) is 32.6. The Kier molecular flexibility index (Phi) is 14.3. The number of anilines is 2. The van der Waals surface area contributed by atoms with Crippen LogP contribution in [0.1, 0.15) is 73.1 Å². The molecule has 4 aliphatic rings. The fourth-order valence-corrected chi connectivity index (χ4v) is 12.8. The fourth-order valence-electron chi connectivity index (χ4n) is 9.48. The molecule has 0 amide bonds. The predicted molar refractivity (Wildman–Crippen MR) is 256 cm³/mol. The molecule has 4 aromatic carbocycles. The summed E-state index contributed by atoms with van der Waals surface area (Å²) in [6.07, 6.45) is 4.39. The number of aromatic nitrogens is 4. The number of nitrogens with one attached hydrogen (secondary N) is 2. The average molecular weight is 971 g/mol. The Morgan fingerprint density at radius 2 is 1.00 bits per heavy atom. The molecule has 66 heavy (non-hydrogen) atoms. The molecular weight excluding hydrogens is 917 g/mol. The quantitative estimate of drug-likeness (QED) is 0.127. The van der Waals surface area contributed by atoms with Crippen molar-refractivity contribution in [2.75, 3.05) is 75.0 Å². The number of hydrogen-bond acceptors (Lipinski definition) is 16. The van der Waals surface area contributed by atoms with Crippen LogP contribution in [0.15, 0.2) is 120 Å². The normalized spacial score (nSPS) is 21.8. The van der Waals surface area contributed by atoms with Crippen molar-refractivity contribution in [1.82, 2.24) is 38.3 Å². The third-order valence-corrected chi connectivity index (χ3v) is 16.9. The molecule has 2 N–H and O–H groups in total. The number of benzene rings is 4. The van der Waals surface area contributed by atoms with Crippen molar-refractivity contribution in [2.24, 2.45) is 0 Å². The Balaban J connectivity index is 0.000000166. The summed E-state index contributed by atoms with van der Waals surface area (Å²) >= 11 is 2.00. The summed E-state index contributed by atoms with van der Waals surface area (Å²) in [5.41, 5.74) is 4.71. The third kappa shape index (κ3) is 10.2. The van der Waals surface area contributed by atoms with Gasteiger partial charge in [0.2, 0.25) is 10.3 Å². The van der Waals surface area contributed by atoms with Gasteiger partial charge in [-0.15, -0.1) is 0 Å². The summed E-state index contributed by atoms with van der Waals surface area (Å²) in [5.74, 6) is 1.27. The highest BCUT2D eigenvalue weighted by molar-refractivity contribution is 7.93. The molecule has 0 aliphatic carbocycles. The van der Waals surface area contributed by atoms with Gasteiger partial charge in [0.15, 0.2) is 0 Å². The molecule has 2 aromatic heterocycles. The standard InChI is InChI=1S/2C23H27N5O3S2/c2*1-2-27-11-12-28(21(15-27)17-6-4-3-5-7-17)20-10-13-31-22-14-18(8-9-19(20)22)33(29,30)26-23-24-16-25-32-23/h2*3-9,14,16,20-21H,2,10-13,15H2,1H3,(H,24,25,26)/t20-,21+;20-,21-/m10/s1. The summed E-state index contributed by atoms with van der Waals surface area (Å²) in [6.45, 7) is 13.5. The molecule has 0 unspecified atom stereocenters. The van der Waals surface area contributed by atoms with Gasteiger partial charge in [-0.25, -0.2) is 26.8 Å². The highest BCUT2D eigenvalue weighted by Crippen LogP contribution is 2.44. The first-order valence-corrected chi connectivity index (χ1v) is 26.8. The van der Waals surface area contributed by atoms with E-state index in [4.69, 9.17) is 9.47 Å². The van der Waals surface area contributed by atoms with Gasteiger partial charge < -0.3 is 19.3 Å². The average Bonchev–Trinajstić information content (AvgIpc) is 4.08.